The van der Waals surface area contributed by atoms with Gasteiger partial charge in [0.25, 0.3) is 0 Å². The molecule has 0 aliphatic carbocycles. The Morgan fingerprint density at radius 2 is 2.43 bits per heavy atom. The number of thiophene rings is 1. The molecule has 0 N–H and O–H groups in total. The Morgan fingerprint density at radius 3 is 2.57 bits per heavy atom. The minimum absolute atomic E-state index is 0. The van der Waals surface area contributed by atoms with E-state index < -0.39 is 0 Å². The van der Waals surface area contributed by atoms with Crippen LogP contribution >= 0.6 is 11.3 Å². The number of hydrogen-bond donors (Lipinski definition) is 0. The molecular formula is C5H5SV-. The summed E-state index contributed by atoms with van der Waals surface area (Å²) in [5.74, 6) is 0. The van der Waals surface area contributed by atoms with Gasteiger partial charge < -0.3 is 0 Å². The average molecular weight is 148 g/mol. The smallest absolute Gasteiger partial charge is 0 e. The van der Waals surface area contributed by atoms with Crippen LogP contribution in [0.2, 0.25) is 0 Å². The largest absolute Gasteiger partial charge is 0.270 e. The maximum atomic E-state index is 2.95. The summed E-state index contributed by atoms with van der Waals surface area (Å²) in [4.78, 5) is 1.33. The molecule has 1 heterocycles. The molecule has 0 spiro atoms. The van der Waals surface area contributed by atoms with Gasteiger partial charge in [-0.25, -0.2) is 12.1 Å². The van der Waals surface area contributed by atoms with Crippen LogP contribution in [0.3, 0.4) is 0 Å². The third-order valence-corrected chi connectivity index (χ3v) is 1.34. The van der Waals surface area contributed by atoms with Crippen LogP contribution in [-0.4, -0.2) is 0 Å². The molecule has 1 rings (SSSR count). The second kappa shape index (κ2) is 3.31. The summed E-state index contributed by atoms with van der Waals surface area (Å²) in [7, 11) is 0. The summed E-state index contributed by atoms with van der Waals surface area (Å²) in [5.41, 5.74) is 0. The van der Waals surface area contributed by atoms with Gasteiger partial charge in [0.15, 0.2) is 0 Å². The fourth-order valence-corrected chi connectivity index (χ4v) is 0.770. The van der Waals surface area contributed by atoms with Gasteiger partial charge in [-0.05, 0) is 0 Å². The summed E-state index contributed by atoms with van der Waals surface area (Å²) < 4.78 is 0. The molecule has 2 heteroatoms. The van der Waals surface area contributed by atoms with Crippen molar-refractivity contribution in [3.05, 3.63) is 22.4 Å². The van der Waals surface area contributed by atoms with Crippen LogP contribution in [0, 0.1) is 13.0 Å². The van der Waals surface area contributed by atoms with Gasteiger partial charge in [0.2, 0.25) is 0 Å². The van der Waals surface area contributed by atoms with Crippen molar-refractivity contribution in [2.24, 2.45) is 0 Å². The van der Waals surface area contributed by atoms with Crippen molar-refractivity contribution in [3.63, 3.8) is 0 Å². The fraction of sp³-hybridized carbons (Fsp3) is 0.200. The number of hydrogen-bond acceptors (Lipinski definition) is 1. The van der Waals surface area contributed by atoms with Gasteiger partial charge in [-0.1, -0.05) is 6.92 Å². The third kappa shape index (κ3) is 2.17. The first kappa shape index (κ1) is 7.28. The first-order valence-corrected chi connectivity index (χ1v) is 2.69. The summed E-state index contributed by atoms with van der Waals surface area (Å²) in [6.07, 6.45) is 0. The topological polar surface area (TPSA) is 0 Å². The van der Waals surface area contributed by atoms with Gasteiger partial charge in [-0.2, -0.15) is 0 Å². The third-order valence-electron chi connectivity index (χ3n) is 0.599. The molecule has 0 nitrogen and oxygen atoms in total. The number of aryl methyl sites for hydroxylation is 1. The fourth-order valence-electron chi connectivity index (χ4n) is 0.312. The van der Waals surface area contributed by atoms with E-state index in [2.05, 4.69) is 13.0 Å². The molecule has 0 saturated carbocycles. The molecule has 0 amide bonds. The predicted octanol–water partition coefficient (Wildman–Crippen LogP) is 1.85. The molecule has 0 aliphatic heterocycles. The van der Waals surface area contributed by atoms with E-state index in [1.54, 1.807) is 11.3 Å². The van der Waals surface area contributed by atoms with Crippen molar-refractivity contribution in [2.45, 2.75) is 6.92 Å². The molecule has 0 unspecified atom stereocenters. The molecule has 0 saturated heterocycles. The van der Waals surface area contributed by atoms with Crippen LogP contribution < -0.4 is 0 Å². The van der Waals surface area contributed by atoms with E-state index in [0.717, 1.165) is 0 Å². The second-order valence-electron chi connectivity index (χ2n) is 1.16. The van der Waals surface area contributed by atoms with Crippen LogP contribution in [0.5, 0.6) is 0 Å². The van der Waals surface area contributed by atoms with E-state index in [0.29, 0.717) is 0 Å². The summed E-state index contributed by atoms with van der Waals surface area (Å²) in [6.45, 7) is 2.07. The Kier molecular flexibility index (Phi) is 3.44. The van der Waals surface area contributed by atoms with E-state index >= 15 is 0 Å². The molecule has 1 radical (unpaired) electrons. The van der Waals surface area contributed by atoms with E-state index in [1.807, 2.05) is 11.4 Å². The predicted molar refractivity (Wildman–Crippen MR) is 27.9 cm³/mol. The van der Waals surface area contributed by atoms with Gasteiger partial charge >= 0.3 is 0 Å². The van der Waals surface area contributed by atoms with Crippen LogP contribution in [0.25, 0.3) is 0 Å². The molecule has 37 valence electrons. The Balaban J connectivity index is 0.000000360. The molecule has 0 fully saturated rings. The van der Waals surface area contributed by atoms with E-state index in [4.69, 9.17) is 0 Å². The molecular weight excluding hydrogens is 143 g/mol. The molecule has 0 aromatic carbocycles. The van der Waals surface area contributed by atoms with Crippen molar-refractivity contribution in [1.82, 2.24) is 0 Å². The van der Waals surface area contributed by atoms with Gasteiger partial charge in [-0.15, -0.1) is 10.3 Å². The normalized spacial score (nSPS) is 7.57. The van der Waals surface area contributed by atoms with Crippen molar-refractivity contribution in [3.8, 4) is 0 Å². The van der Waals surface area contributed by atoms with Crippen molar-refractivity contribution < 1.29 is 18.6 Å². The van der Waals surface area contributed by atoms with Crippen molar-refractivity contribution >= 4 is 11.3 Å². The average Bonchev–Trinajstić information content (AvgIpc) is 1.86. The Hall–Kier alpha value is 0.284. The Morgan fingerprint density at radius 1 is 1.71 bits per heavy atom. The number of rotatable bonds is 0. The van der Waals surface area contributed by atoms with Crippen LogP contribution in [-0.2, 0) is 18.6 Å². The standard InChI is InChI=1S/C5H5S.V/c1-5-3-2-4-6-5;/h3-4H,1H3;/q-1;. The van der Waals surface area contributed by atoms with Crippen molar-refractivity contribution in [2.75, 3.05) is 0 Å². The first-order valence-electron chi connectivity index (χ1n) is 1.81. The molecule has 1 aromatic heterocycles. The van der Waals surface area contributed by atoms with Gasteiger partial charge in [0.1, 0.15) is 0 Å². The maximum absolute atomic E-state index is 2.95. The van der Waals surface area contributed by atoms with Crippen molar-refractivity contribution in [1.29, 1.82) is 0 Å². The second-order valence-corrected chi connectivity index (χ2v) is 2.27. The zero-order chi connectivity index (χ0) is 4.41. The zero-order valence-corrected chi connectivity index (χ0v) is 6.22. The quantitative estimate of drug-likeness (QED) is 0.492. The monoisotopic (exact) mass is 148 g/mol. The van der Waals surface area contributed by atoms with Gasteiger partial charge in [0, 0.05) is 18.6 Å². The Labute approximate surface area is 59.4 Å². The summed E-state index contributed by atoms with van der Waals surface area (Å²) in [5, 5.41) is 1.95. The molecule has 1 aromatic rings. The SMILES string of the molecule is Cc1c[c-]cs1.[V]. The minimum atomic E-state index is 0. The molecule has 0 aliphatic rings. The molecule has 0 atom stereocenters. The molecule has 7 heavy (non-hydrogen) atoms. The minimum Gasteiger partial charge on any atom is -0.270 e. The van der Waals surface area contributed by atoms with Gasteiger partial charge in [0.05, 0.1) is 0 Å². The Bertz CT molecular complexity index is 112. The zero-order valence-electron chi connectivity index (χ0n) is 4.01. The maximum Gasteiger partial charge on any atom is 0 e. The summed E-state index contributed by atoms with van der Waals surface area (Å²) >= 11 is 1.72. The molecule has 0 bridgehead atoms. The van der Waals surface area contributed by atoms with Crippen LogP contribution in [0.15, 0.2) is 11.4 Å². The summed E-state index contributed by atoms with van der Waals surface area (Å²) in [6, 6.07) is 4.92. The van der Waals surface area contributed by atoms with Crippen LogP contribution in [0.4, 0.5) is 0 Å². The van der Waals surface area contributed by atoms with E-state index in [1.165, 1.54) is 4.88 Å². The van der Waals surface area contributed by atoms with E-state index in [-0.39, 0.29) is 18.6 Å². The van der Waals surface area contributed by atoms with Crippen LogP contribution in [0.1, 0.15) is 4.88 Å². The van der Waals surface area contributed by atoms with E-state index in [9.17, 15) is 0 Å². The first-order chi connectivity index (χ1) is 2.89. The van der Waals surface area contributed by atoms with Gasteiger partial charge in [-0.3, -0.25) is 11.3 Å².